The molecular formula is C28H31Br2N3O4S. The van der Waals surface area contributed by atoms with Crippen LogP contribution in [0.1, 0.15) is 31.9 Å². The van der Waals surface area contributed by atoms with E-state index in [2.05, 4.69) is 37.2 Å². The first-order chi connectivity index (χ1) is 17.9. The number of rotatable bonds is 10. The van der Waals surface area contributed by atoms with Crippen LogP contribution in [0.15, 0.2) is 86.6 Å². The normalized spacial score (nSPS) is 12.2. The Morgan fingerprint density at radius 3 is 1.89 bits per heavy atom. The molecule has 0 bridgehead atoms. The van der Waals surface area contributed by atoms with Crippen LogP contribution in [-0.4, -0.2) is 43.8 Å². The van der Waals surface area contributed by atoms with Gasteiger partial charge in [-0.05, 0) is 81.8 Å². The van der Waals surface area contributed by atoms with Crippen LogP contribution in [0.3, 0.4) is 0 Å². The summed E-state index contributed by atoms with van der Waals surface area (Å²) in [6.45, 7) is 6.86. The minimum atomic E-state index is -4.09. The highest BCUT2D eigenvalue weighted by atomic mass is 79.9. The zero-order valence-corrected chi connectivity index (χ0v) is 25.7. The molecule has 10 heteroatoms. The summed E-state index contributed by atoms with van der Waals surface area (Å²) in [4.78, 5) is 28.3. The predicted molar refractivity (Wildman–Crippen MR) is 157 cm³/mol. The van der Waals surface area contributed by atoms with Crippen molar-refractivity contribution in [2.45, 2.75) is 51.2 Å². The number of benzene rings is 3. The average Bonchev–Trinajstić information content (AvgIpc) is 2.87. The number of sulfonamides is 1. The second kappa shape index (κ2) is 12.9. The third kappa shape index (κ3) is 7.68. The lowest BCUT2D eigenvalue weighted by Gasteiger charge is -2.32. The van der Waals surface area contributed by atoms with Gasteiger partial charge >= 0.3 is 0 Å². The summed E-state index contributed by atoms with van der Waals surface area (Å²) in [5.74, 6) is -0.819. The minimum Gasteiger partial charge on any atom is -0.352 e. The van der Waals surface area contributed by atoms with Crippen LogP contribution in [0.25, 0.3) is 0 Å². The van der Waals surface area contributed by atoms with Gasteiger partial charge in [-0.15, -0.1) is 0 Å². The van der Waals surface area contributed by atoms with Crippen LogP contribution < -0.4 is 9.62 Å². The van der Waals surface area contributed by atoms with Crippen LogP contribution >= 0.6 is 31.9 Å². The maximum absolute atomic E-state index is 13.9. The predicted octanol–water partition coefficient (Wildman–Crippen LogP) is 5.66. The average molecular weight is 665 g/mol. The molecule has 0 aromatic heterocycles. The number of amides is 2. The second-order valence-corrected chi connectivity index (χ2v) is 13.0. The standard InChI is InChI=1S/C28H31Br2N3O4S/c1-19(2)31-28(35)21(4)32(17-22-7-9-23(29)10-8-22)27(34)18-33(25-13-11-24(30)12-14-25)38(36,37)26-15-5-20(3)6-16-26/h5-16,19,21H,17-18H2,1-4H3,(H,31,35)/t21-/m0/s1. The number of aryl methyl sites for hydroxylation is 1. The molecule has 3 rings (SSSR count). The molecule has 0 aliphatic rings. The van der Waals surface area contributed by atoms with E-state index >= 15 is 0 Å². The van der Waals surface area contributed by atoms with E-state index in [0.29, 0.717) is 5.69 Å². The molecular weight excluding hydrogens is 634 g/mol. The molecule has 7 nitrogen and oxygen atoms in total. The monoisotopic (exact) mass is 663 g/mol. The Kier molecular flexibility index (Phi) is 10.1. The number of carbonyl (C=O) groups is 2. The molecule has 3 aromatic carbocycles. The fraction of sp³-hybridized carbons (Fsp3) is 0.286. The summed E-state index contributed by atoms with van der Waals surface area (Å²) in [7, 11) is -4.09. The number of hydrogen-bond donors (Lipinski definition) is 1. The Labute approximate surface area is 241 Å². The summed E-state index contributed by atoms with van der Waals surface area (Å²) >= 11 is 6.79. The van der Waals surface area contributed by atoms with E-state index in [4.69, 9.17) is 0 Å². The van der Waals surface area contributed by atoms with Crippen molar-refractivity contribution in [3.05, 3.63) is 92.9 Å². The van der Waals surface area contributed by atoms with Crippen molar-refractivity contribution in [1.29, 1.82) is 0 Å². The smallest absolute Gasteiger partial charge is 0.264 e. The van der Waals surface area contributed by atoms with E-state index in [1.807, 2.05) is 45.0 Å². The van der Waals surface area contributed by atoms with Gasteiger partial charge in [0, 0.05) is 21.5 Å². The van der Waals surface area contributed by atoms with Gasteiger partial charge in [0.05, 0.1) is 10.6 Å². The molecule has 0 fully saturated rings. The van der Waals surface area contributed by atoms with E-state index in [-0.39, 0.29) is 23.4 Å². The van der Waals surface area contributed by atoms with Crippen LogP contribution in [0.5, 0.6) is 0 Å². The van der Waals surface area contributed by atoms with E-state index in [0.717, 1.165) is 24.4 Å². The number of nitrogens with zero attached hydrogens (tertiary/aromatic N) is 2. The number of nitrogens with one attached hydrogen (secondary N) is 1. The highest BCUT2D eigenvalue weighted by molar-refractivity contribution is 9.10. The summed E-state index contributed by atoms with van der Waals surface area (Å²) in [5.41, 5.74) is 2.06. The molecule has 0 spiro atoms. The third-order valence-corrected chi connectivity index (χ3v) is 8.71. The quantitative estimate of drug-likeness (QED) is 0.303. The van der Waals surface area contributed by atoms with Gasteiger partial charge < -0.3 is 10.2 Å². The van der Waals surface area contributed by atoms with Crippen molar-refractivity contribution in [1.82, 2.24) is 10.2 Å². The summed E-state index contributed by atoms with van der Waals surface area (Å²) in [6, 6.07) is 19.7. The SMILES string of the molecule is Cc1ccc(S(=O)(=O)N(CC(=O)N(Cc2ccc(Br)cc2)[C@@H](C)C(=O)NC(C)C)c2ccc(Br)cc2)cc1. The molecule has 202 valence electrons. The second-order valence-electron chi connectivity index (χ2n) is 9.29. The van der Waals surface area contributed by atoms with E-state index in [9.17, 15) is 18.0 Å². The van der Waals surface area contributed by atoms with Crippen molar-refractivity contribution in [3.63, 3.8) is 0 Å². The van der Waals surface area contributed by atoms with Crippen molar-refractivity contribution in [2.75, 3.05) is 10.8 Å². The Balaban J connectivity index is 2.02. The van der Waals surface area contributed by atoms with Crippen LogP contribution in [0.4, 0.5) is 5.69 Å². The fourth-order valence-electron chi connectivity index (χ4n) is 3.75. The molecule has 0 saturated heterocycles. The lowest BCUT2D eigenvalue weighted by atomic mass is 10.1. The van der Waals surface area contributed by atoms with Gasteiger partial charge in [-0.3, -0.25) is 13.9 Å². The lowest BCUT2D eigenvalue weighted by molar-refractivity contribution is -0.139. The number of carbonyl (C=O) groups excluding carboxylic acids is 2. The first-order valence-corrected chi connectivity index (χ1v) is 15.1. The fourth-order valence-corrected chi connectivity index (χ4v) is 5.69. The molecule has 0 saturated carbocycles. The Bertz CT molecular complexity index is 1360. The van der Waals surface area contributed by atoms with Crippen LogP contribution in [0, 0.1) is 6.92 Å². The van der Waals surface area contributed by atoms with Crippen LogP contribution in [-0.2, 0) is 26.2 Å². The summed E-state index contributed by atoms with van der Waals surface area (Å²) in [5, 5.41) is 2.85. The van der Waals surface area contributed by atoms with Crippen LogP contribution in [0.2, 0.25) is 0 Å². The van der Waals surface area contributed by atoms with Gasteiger partial charge in [-0.2, -0.15) is 0 Å². The molecule has 0 heterocycles. The van der Waals surface area contributed by atoms with E-state index in [1.54, 1.807) is 43.3 Å². The first kappa shape index (κ1) is 29.9. The number of hydrogen-bond acceptors (Lipinski definition) is 4. The van der Waals surface area contributed by atoms with Crippen molar-refractivity contribution in [2.24, 2.45) is 0 Å². The maximum atomic E-state index is 13.9. The van der Waals surface area contributed by atoms with Gasteiger partial charge in [-0.25, -0.2) is 8.42 Å². The summed E-state index contributed by atoms with van der Waals surface area (Å²) in [6.07, 6.45) is 0. The molecule has 0 aliphatic heterocycles. The van der Waals surface area contributed by atoms with Gasteiger partial charge in [-0.1, -0.05) is 61.7 Å². The highest BCUT2D eigenvalue weighted by Crippen LogP contribution is 2.26. The van der Waals surface area contributed by atoms with Crippen molar-refractivity contribution < 1.29 is 18.0 Å². The lowest BCUT2D eigenvalue weighted by Crippen LogP contribution is -2.52. The highest BCUT2D eigenvalue weighted by Gasteiger charge is 2.32. The van der Waals surface area contributed by atoms with E-state index < -0.39 is 28.5 Å². The Morgan fingerprint density at radius 2 is 1.37 bits per heavy atom. The first-order valence-electron chi connectivity index (χ1n) is 12.1. The molecule has 38 heavy (non-hydrogen) atoms. The molecule has 2 amide bonds. The third-order valence-electron chi connectivity index (χ3n) is 5.87. The zero-order valence-electron chi connectivity index (χ0n) is 21.7. The number of anilines is 1. The van der Waals surface area contributed by atoms with Gasteiger partial charge in [0.1, 0.15) is 12.6 Å². The largest absolute Gasteiger partial charge is 0.352 e. The molecule has 0 radical (unpaired) electrons. The molecule has 0 aliphatic carbocycles. The van der Waals surface area contributed by atoms with Gasteiger partial charge in [0.25, 0.3) is 10.0 Å². The maximum Gasteiger partial charge on any atom is 0.264 e. The topological polar surface area (TPSA) is 86.8 Å². The molecule has 1 atom stereocenters. The molecule has 0 unspecified atom stereocenters. The van der Waals surface area contributed by atoms with Crippen molar-refractivity contribution in [3.8, 4) is 0 Å². The minimum absolute atomic E-state index is 0.0730. The zero-order chi connectivity index (χ0) is 28.0. The Hall–Kier alpha value is -2.69. The van der Waals surface area contributed by atoms with Gasteiger partial charge in [0.15, 0.2) is 0 Å². The Morgan fingerprint density at radius 1 is 0.842 bits per heavy atom. The number of halogens is 2. The molecule has 3 aromatic rings. The van der Waals surface area contributed by atoms with Gasteiger partial charge in [0.2, 0.25) is 11.8 Å². The molecule has 1 N–H and O–H groups in total. The van der Waals surface area contributed by atoms with Crippen molar-refractivity contribution >= 4 is 59.4 Å². The summed E-state index contributed by atoms with van der Waals surface area (Å²) < 4.78 is 30.3. The van der Waals surface area contributed by atoms with E-state index in [1.165, 1.54) is 17.0 Å².